The summed E-state index contributed by atoms with van der Waals surface area (Å²) in [5.41, 5.74) is 1.14. The molecule has 8 nitrogen and oxygen atoms in total. The van der Waals surface area contributed by atoms with Crippen molar-refractivity contribution in [2.75, 3.05) is 32.4 Å². The van der Waals surface area contributed by atoms with E-state index in [1.54, 1.807) is 26.4 Å². The van der Waals surface area contributed by atoms with Crippen molar-refractivity contribution in [3.05, 3.63) is 41.2 Å². The van der Waals surface area contributed by atoms with Crippen LogP contribution in [-0.2, 0) is 11.3 Å². The zero-order valence-electron chi connectivity index (χ0n) is 17.9. The molecule has 1 heterocycles. The van der Waals surface area contributed by atoms with Gasteiger partial charge in [-0.1, -0.05) is 23.4 Å². The lowest BCUT2D eigenvalue weighted by molar-refractivity contribution is -0.113. The smallest absolute Gasteiger partial charge is 0.234 e. The minimum absolute atomic E-state index is 0.0591. The maximum Gasteiger partial charge on any atom is 0.234 e. The molecule has 11 heteroatoms. The Morgan fingerprint density at radius 3 is 2.38 bits per heavy atom. The molecule has 0 radical (unpaired) electrons. The van der Waals surface area contributed by atoms with E-state index in [0.29, 0.717) is 40.5 Å². The van der Waals surface area contributed by atoms with Crippen LogP contribution in [0.2, 0.25) is 5.02 Å². The summed E-state index contributed by atoms with van der Waals surface area (Å²) in [4.78, 5) is 12.3. The molecular formula is C21H22ClFN4O4S. The molecule has 0 aliphatic heterocycles. The van der Waals surface area contributed by atoms with E-state index in [1.165, 1.54) is 37.1 Å². The third kappa shape index (κ3) is 5.08. The molecule has 1 N–H and O–H groups in total. The lowest BCUT2D eigenvalue weighted by Crippen LogP contribution is -2.14. The quantitative estimate of drug-likeness (QED) is 0.451. The van der Waals surface area contributed by atoms with Gasteiger partial charge in [-0.15, -0.1) is 10.2 Å². The first-order valence-electron chi connectivity index (χ1n) is 9.53. The maximum absolute atomic E-state index is 13.3. The van der Waals surface area contributed by atoms with E-state index in [2.05, 4.69) is 15.5 Å². The monoisotopic (exact) mass is 480 g/mol. The van der Waals surface area contributed by atoms with Gasteiger partial charge in [-0.3, -0.25) is 4.79 Å². The van der Waals surface area contributed by atoms with Crippen LogP contribution >= 0.6 is 23.4 Å². The second-order valence-electron chi connectivity index (χ2n) is 6.43. The predicted octanol–water partition coefficient (Wildman–Crippen LogP) is 4.51. The summed E-state index contributed by atoms with van der Waals surface area (Å²) >= 11 is 6.99. The zero-order chi connectivity index (χ0) is 23.3. The molecule has 0 spiro atoms. The first-order valence-corrected chi connectivity index (χ1v) is 10.9. The van der Waals surface area contributed by atoms with Crippen molar-refractivity contribution in [3.8, 4) is 28.6 Å². The molecule has 0 fully saturated rings. The number of methoxy groups -OCH3 is 3. The van der Waals surface area contributed by atoms with Gasteiger partial charge >= 0.3 is 0 Å². The highest BCUT2D eigenvalue weighted by Crippen LogP contribution is 2.41. The van der Waals surface area contributed by atoms with Crippen LogP contribution in [-0.4, -0.2) is 47.8 Å². The SMILES string of the molecule is CCn1c(SCC(=O)Nc2ccc(F)c(Cl)c2)nnc1-c1cc(OC)c(OC)c(OC)c1. The number of benzene rings is 2. The average molecular weight is 481 g/mol. The number of halogens is 2. The molecule has 0 aliphatic carbocycles. The van der Waals surface area contributed by atoms with Gasteiger partial charge in [-0.05, 0) is 37.3 Å². The Labute approximate surface area is 194 Å². The first kappa shape index (κ1) is 23.7. The number of nitrogens with zero attached hydrogens (tertiary/aromatic N) is 3. The fourth-order valence-corrected chi connectivity index (χ4v) is 3.99. The Balaban J connectivity index is 1.79. The first-order chi connectivity index (χ1) is 15.4. The molecular weight excluding hydrogens is 459 g/mol. The zero-order valence-corrected chi connectivity index (χ0v) is 19.5. The molecule has 1 aromatic heterocycles. The van der Waals surface area contributed by atoms with E-state index < -0.39 is 5.82 Å². The Bertz CT molecular complexity index is 1100. The number of hydrogen-bond donors (Lipinski definition) is 1. The molecule has 0 atom stereocenters. The van der Waals surface area contributed by atoms with Gasteiger partial charge in [-0.25, -0.2) is 4.39 Å². The van der Waals surface area contributed by atoms with Crippen LogP contribution in [0.1, 0.15) is 6.92 Å². The number of nitrogens with one attached hydrogen (secondary N) is 1. The lowest BCUT2D eigenvalue weighted by atomic mass is 10.1. The largest absolute Gasteiger partial charge is 0.493 e. The molecule has 0 saturated carbocycles. The van der Waals surface area contributed by atoms with E-state index in [0.717, 1.165) is 5.56 Å². The summed E-state index contributed by atoms with van der Waals surface area (Å²) in [6, 6.07) is 7.58. The van der Waals surface area contributed by atoms with E-state index in [1.807, 2.05) is 11.5 Å². The number of carbonyl (C=O) groups is 1. The number of hydrogen-bond acceptors (Lipinski definition) is 7. The molecule has 2 aromatic carbocycles. The Morgan fingerprint density at radius 1 is 1.12 bits per heavy atom. The number of ether oxygens (including phenoxy) is 3. The molecule has 3 aromatic rings. The summed E-state index contributed by atoms with van der Waals surface area (Å²) in [6.45, 7) is 2.53. The number of rotatable bonds is 9. The van der Waals surface area contributed by atoms with Crippen molar-refractivity contribution in [2.24, 2.45) is 0 Å². The topological polar surface area (TPSA) is 87.5 Å². The Kier molecular flexibility index (Phi) is 7.81. The van der Waals surface area contributed by atoms with Crippen molar-refractivity contribution < 1.29 is 23.4 Å². The molecule has 1 amide bonds. The van der Waals surface area contributed by atoms with Crippen molar-refractivity contribution in [1.82, 2.24) is 14.8 Å². The van der Waals surface area contributed by atoms with Gasteiger partial charge < -0.3 is 24.1 Å². The van der Waals surface area contributed by atoms with Crippen molar-refractivity contribution in [2.45, 2.75) is 18.6 Å². The van der Waals surface area contributed by atoms with E-state index in [9.17, 15) is 9.18 Å². The fourth-order valence-electron chi connectivity index (χ4n) is 3.01. The number of carbonyl (C=O) groups excluding carboxylic acids is 1. The van der Waals surface area contributed by atoms with E-state index >= 15 is 0 Å². The van der Waals surface area contributed by atoms with Crippen molar-refractivity contribution in [3.63, 3.8) is 0 Å². The maximum atomic E-state index is 13.3. The fraction of sp³-hybridized carbons (Fsp3) is 0.286. The Hall–Kier alpha value is -2.98. The highest BCUT2D eigenvalue weighted by atomic mass is 35.5. The van der Waals surface area contributed by atoms with Crippen LogP contribution < -0.4 is 19.5 Å². The standard InChI is InChI=1S/C21H22ClFN4O4S/c1-5-27-20(12-8-16(29-2)19(31-4)17(9-12)30-3)25-26-21(27)32-11-18(28)24-13-6-7-15(23)14(22)10-13/h6-10H,5,11H2,1-4H3,(H,24,28). The Morgan fingerprint density at radius 2 is 1.81 bits per heavy atom. The summed E-state index contributed by atoms with van der Waals surface area (Å²) in [5, 5.41) is 11.7. The van der Waals surface area contributed by atoms with Gasteiger partial charge in [0.2, 0.25) is 11.7 Å². The van der Waals surface area contributed by atoms with Crippen LogP contribution in [0.4, 0.5) is 10.1 Å². The van der Waals surface area contributed by atoms with Gasteiger partial charge in [-0.2, -0.15) is 0 Å². The molecule has 0 bridgehead atoms. The normalized spacial score (nSPS) is 10.7. The van der Waals surface area contributed by atoms with Crippen LogP contribution in [0, 0.1) is 5.82 Å². The lowest BCUT2D eigenvalue weighted by Gasteiger charge is -2.14. The molecule has 170 valence electrons. The van der Waals surface area contributed by atoms with Crippen molar-refractivity contribution in [1.29, 1.82) is 0 Å². The number of anilines is 1. The number of amides is 1. The number of aromatic nitrogens is 3. The summed E-state index contributed by atoms with van der Waals surface area (Å²) < 4.78 is 31.4. The van der Waals surface area contributed by atoms with Gasteiger partial charge in [0, 0.05) is 17.8 Å². The van der Waals surface area contributed by atoms with Crippen LogP contribution in [0.3, 0.4) is 0 Å². The third-order valence-corrected chi connectivity index (χ3v) is 5.75. The molecule has 32 heavy (non-hydrogen) atoms. The minimum atomic E-state index is -0.547. The van der Waals surface area contributed by atoms with Crippen LogP contribution in [0.15, 0.2) is 35.5 Å². The van der Waals surface area contributed by atoms with Crippen molar-refractivity contribution >= 4 is 35.0 Å². The molecule has 3 rings (SSSR count). The van der Waals surface area contributed by atoms with E-state index in [4.69, 9.17) is 25.8 Å². The second kappa shape index (κ2) is 10.6. The third-order valence-electron chi connectivity index (χ3n) is 4.49. The molecule has 0 unspecified atom stereocenters. The highest BCUT2D eigenvalue weighted by molar-refractivity contribution is 7.99. The van der Waals surface area contributed by atoms with Gasteiger partial charge in [0.1, 0.15) is 5.82 Å². The van der Waals surface area contributed by atoms with Crippen LogP contribution in [0.5, 0.6) is 17.2 Å². The number of thioether (sulfide) groups is 1. The highest BCUT2D eigenvalue weighted by Gasteiger charge is 2.19. The minimum Gasteiger partial charge on any atom is -0.493 e. The van der Waals surface area contributed by atoms with E-state index in [-0.39, 0.29) is 16.7 Å². The van der Waals surface area contributed by atoms with Crippen LogP contribution in [0.25, 0.3) is 11.4 Å². The molecule has 0 aliphatic rings. The summed E-state index contributed by atoms with van der Waals surface area (Å²) in [6.07, 6.45) is 0. The summed E-state index contributed by atoms with van der Waals surface area (Å²) in [7, 11) is 4.62. The van der Waals surface area contributed by atoms with Gasteiger partial charge in [0.15, 0.2) is 22.5 Å². The average Bonchev–Trinajstić information content (AvgIpc) is 3.22. The molecule has 0 saturated heterocycles. The second-order valence-corrected chi connectivity index (χ2v) is 7.78. The predicted molar refractivity (Wildman–Crippen MR) is 122 cm³/mol. The van der Waals surface area contributed by atoms with Gasteiger partial charge in [0.05, 0.1) is 32.1 Å². The van der Waals surface area contributed by atoms with Gasteiger partial charge in [0.25, 0.3) is 0 Å². The summed E-state index contributed by atoms with van der Waals surface area (Å²) in [5.74, 6) is 1.33.